The van der Waals surface area contributed by atoms with E-state index >= 15 is 0 Å². The molecule has 0 bridgehead atoms. The topological polar surface area (TPSA) is 20.5 Å². The lowest BCUT2D eigenvalue weighted by Gasteiger charge is -2.27. The highest BCUT2D eigenvalue weighted by atomic mass is 19.1. The highest BCUT2D eigenvalue weighted by Gasteiger charge is 2.28. The second-order valence-corrected chi connectivity index (χ2v) is 5.96. The lowest BCUT2D eigenvalue weighted by Crippen LogP contribution is -2.23. The van der Waals surface area contributed by atoms with E-state index in [0.29, 0.717) is 0 Å². The molecule has 0 spiro atoms. The molecule has 1 saturated heterocycles. The molecule has 4 rings (SSSR count). The molecule has 3 heterocycles. The van der Waals surface area contributed by atoms with Crippen molar-refractivity contribution < 1.29 is 4.39 Å². The van der Waals surface area contributed by atoms with E-state index in [9.17, 15) is 4.39 Å². The summed E-state index contributed by atoms with van der Waals surface area (Å²) in [6.07, 6.45) is 7.88. The van der Waals surface area contributed by atoms with E-state index in [0.717, 1.165) is 41.8 Å². The number of nitrogens with zero attached hydrogens (tertiary/aromatic N) is 3. The fourth-order valence-corrected chi connectivity index (χ4v) is 3.40. The second-order valence-electron chi connectivity index (χ2n) is 5.96. The number of imidazole rings is 1. The molecule has 22 heavy (non-hydrogen) atoms. The van der Waals surface area contributed by atoms with Gasteiger partial charge in [-0.15, -0.1) is 0 Å². The Kier molecular flexibility index (Phi) is 3.10. The van der Waals surface area contributed by atoms with Crippen LogP contribution in [0.25, 0.3) is 5.65 Å². The van der Waals surface area contributed by atoms with E-state index in [4.69, 9.17) is 0 Å². The Labute approximate surface area is 129 Å². The van der Waals surface area contributed by atoms with Gasteiger partial charge in [0.25, 0.3) is 0 Å². The predicted octanol–water partition coefficient (Wildman–Crippen LogP) is 4.12. The average molecular weight is 295 g/mol. The summed E-state index contributed by atoms with van der Waals surface area (Å²) in [7, 11) is 0. The van der Waals surface area contributed by atoms with Crippen molar-refractivity contribution in [1.29, 1.82) is 0 Å². The summed E-state index contributed by atoms with van der Waals surface area (Å²) in [4.78, 5) is 6.58. The minimum absolute atomic E-state index is 0.105. The summed E-state index contributed by atoms with van der Waals surface area (Å²) in [6.45, 7) is 2.97. The third-order valence-electron chi connectivity index (χ3n) is 4.47. The van der Waals surface area contributed by atoms with Crippen molar-refractivity contribution >= 4 is 11.3 Å². The average Bonchev–Trinajstić information content (AvgIpc) is 3.17. The van der Waals surface area contributed by atoms with E-state index in [1.54, 1.807) is 12.3 Å². The summed E-state index contributed by atoms with van der Waals surface area (Å²) in [5.41, 5.74) is 3.96. The van der Waals surface area contributed by atoms with Crippen LogP contribution in [-0.4, -0.2) is 15.9 Å². The van der Waals surface area contributed by atoms with Crippen molar-refractivity contribution in [2.24, 2.45) is 0 Å². The van der Waals surface area contributed by atoms with E-state index in [1.165, 1.54) is 0 Å². The molecular formula is C18H18FN3. The molecular weight excluding hydrogens is 277 g/mol. The van der Waals surface area contributed by atoms with Crippen LogP contribution in [0.2, 0.25) is 0 Å². The Morgan fingerprint density at radius 2 is 2.14 bits per heavy atom. The normalized spacial score (nSPS) is 18.3. The molecule has 4 heteroatoms. The van der Waals surface area contributed by atoms with Gasteiger partial charge in [0.1, 0.15) is 11.5 Å². The highest BCUT2D eigenvalue weighted by molar-refractivity contribution is 5.54. The van der Waals surface area contributed by atoms with E-state index in [-0.39, 0.29) is 11.9 Å². The zero-order chi connectivity index (χ0) is 15.1. The van der Waals surface area contributed by atoms with E-state index < -0.39 is 0 Å². The van der Waals surface area contributed by atoms with Gasteiger partial charge in [-0.1, -0.05) is 17.7 Å². The third kappa shape index (κ3) is 2.15. The molecule has 0 aliphatic carbocycles. The van der Waals surface area contributed by atoms with Crippen LogP contribution < -0.4 is 4.90 Å². The molecule has 1 aliphatic heterocycles. The van der Waals surface area contributed by atoms with Crippen molar-refractivity contribution in [2.45, 2.75) is 25.8 Å². The molecule has 3 aromatic rings. The van der Waals surface area contributed by atoms with Crippen LogP contribution >= 0.6 is 0 Å². The van der Waals surface area contributed by atoms with Crippen LogP contribution in [0.3, 0.4) is 0 Å². The van der Waals surface area contributed by atoms with Gasteiger partial charge in [-0.05, 0) is 38.0 Å². The minimum Gasteiger partial charge on any atom is -0.363 e. The maximum Gasteiger partial charge on any atom is 0.136 e. The first-order valence-corrected chi connectivity index (χ1v) is 7.68. The number of fused-ring (bicyclic) bond motifs is 1. The van der Waals surface area contributed by atoms with Crippen LogP contribution in [-0.2, 0) is 0 Å². The molecule has 2 aromatic heterocycles. The summed E-state index contributed by atoms with van der Waals surface area (Å²) in [5, 5.41) is 0. The quantitative estimate of drug-likeness (QED) is 0.709. The van der Waals surface area contributed by atoms with Crippen LogP contribution in [0.4, 0.5) is 10.1 Å². The molecule has 0 saturated carbocycles. The van der Waals surface area contributed by atoms with E-state index in [2.05, 4.69) is 22.1 Å². The number of hydrogen-bond donors (Lipinski definition) is 0. The SMILES string of the molecule is Cc1ccc(F)c(C2CCCN2c2ccc3nccn3c2)c1. The van der Waals surface area contributed by atoms with Crippen LogP contribution in [0.5, 0.6) is 0 Å². The molecule has 1 aliphatic rings. The molecule has 0 N–H and O–H groups in total. The van der Waals surface area contributed by atoms with Crippen molar-refractivity contribution in [3.05, 3.63) is 65.9 Å². The van der Waals surface area contributed by atoms with E-state index in [1.807, 2.05) is 35.7 Å². The molecule has 1 aromatic carbocycles. The minimum atomic E-state index is -0.105. The molecule has 1 unspecified atom stereocenters. The number of rotatable bonds is 2. The van der Waals surface area contributed by atoms with Crippen LogP contribution in [0, 0.1) is 12.7 Å². The fourth-order valence-electron chi connectivity index (χ4n) is 3.40. The maximum absolute atomic E-state index is 14.3. The lowest BCUT2D eigenvalue weighted by atomic mass is 10.0. The Hall–Kier alpha value is -2.36. The van der Waals surface area contributed by atoms with Gasteiger partial charge in [0.15, 0.2) is 0 Å². The molecule has 1 fully saturated rings. The third-order valence-corrected chi connectivity index (χ3v) is 4.47. The van der Waals surface area contributed by atoms with Gasteiger partial charge in [-0.2, -0.15) is 0 Å². The Bertz CT molecular complexity index is 824. The van der Waals surface area contributed by atoms with Crippen molar-refractivity contribution in [3.8, 4) is 0 Å². The van der Waals surface area contributed by atoms with Gasteiger partial charge >= 0.3 is 0 Å². The standard InChI is InChI=1S/C18H18FN3/c1-13-4-6-16(19)15(11-13)17-3-2-9-22(17)14-5-7-18-20-8-10-21(18)12-14/h4-8,10-12,17H,2-3,9H2,1H3. The zero-order valence-electron chi connectivity index (χ0n) is 12.5. The lowest BCUT2D eigenvalue weighted by molar-refractivity contribution is 0.579. The van der Waals surface area contributed by atoms with Gasteiger partial charge in [0.05, 0.1) is 11.7 Å². The Morgan fingerprint density at radius 1 is 1.23 bits per heavy atom. The summed E-state index contributed by atoms with van der Waals surface area (Å²) in [5.74, 6) is -0.105. The molecule has 112 valence electrons. The Morgan fingerprint density at radius 3 is 3.05 bits per heavy atom. The number of aromatic nitrogens is 2. The van der Waals surface area contributed by atoms with Crippen molar-refractivity contribution in [3.63, 3.8) is 0 Å². The first-order chi connectivity index (χ1) is 10.7. The fraction of sp³-hybridized carbons (Fsp3) is 0.278. The van der Waals surface area contributed by atoms with Gasteiger partial charge in [-0.3, -0.25) is 0 Å². The van der Waals surface area contributed by atoms with Crippen molar-refractivity contribution in [2.75, 3.05) is 11.4 Å². The number of anilines is 1. The zero-order valence-corrected chi connectivity index (χ0v) is 12.5. The first kappa shape index (κ1) is 13.3. The number of benzene rings is 1. The second kappa shape index (κ2) is 5.13. The highest BCUT2D eigenvalue weighted by Crippen LogP contribution is 2.37. The number of hydrogen-bond acceptors (Lipinski definition) is 2. The molecule has 1 atom stereocenters. The first-order valence-electron chi connectivity index (χ1n) is 7.68. The summed E-state index contributed by atoms with van der Waals surface area (Å²) < 4.78 is 16.3. The predicted molar refractivity (Wildman–Crippen MR) is 85.7 cm³/mol. The van der Waals surface area contributed by atoms with Gasteiger partial charge in [-0.25, -0.2) is 9.37 Å². The van der Waals surface area contributed by atoms with Gasteiger partial charge < -0.3 is 9.30 Å². The van der Waals surface area contributed by atoms with Crippen LogP contribution in [0.1, 0.15) is 30.0 Å². The Balaban J connectivity index is 1.75. The molecule has 0 radical (unpaired) electrons. The smallest absolute Gasteiger partial charge is 0.136 e. The maximum atomic E-state index is 14.3. The number of aryl methyl sites for hydroxylation is 1. The molecule has 3 nitrogen and oxygen atoms in total. The number of halogens is 1. The largest absolute Gasteiger partial charge is 0.363 e. The van der Waals surface area contributed by atoms with Crippen molar-refractivity contribution in [1.82, 2.24) is 9.38 Å². The van der Waals surface area contributed by atoms with Gasteiger partial charge in [0, 0.05) is 30.7 Å². The molecule has 0 amide bonds. The monoisotopic (exact) mass is 295 g/mol. The van der Waals surface area contributed by atoms with Gasteiger partial charge in [0.2, 0.25) is 0 Å². The summed E-state index contributed by atoms with van der Waals surface area (Å²) in [6, 6.07) is 9.59. The van der Waals surface area contributed by atoms with Crippen LogP contribution in [0.15, 0.2) is 48.9 Å². The number of pyridine rings is 1. The summed E-state index contributed by atoms with van der Waals surface area (Å²) >= 11 is 0.